The zero-order chi connectivity index (χ0) is 82.2. The summed E-state index contributed by atoms with van der Waals surface area (Å²) in [6.45, 7) is 75.9. The Morgan fingerprint density at radius 1 is 0.314 bits per heavy atom. The average Bonchev–Trinajstić information content (AvgIpc) is 0.892. The van der Waals surface area contributed by atoms with Crippen LogP contribution in [-0.4, -0.2) is 140 Å². The molecule has 0 fully saturated rings. The van der Waals surface area contributed by atoms with Crippen molar-refractivity contribution in [3.63, 3.8) is 0 Å². The Bertz CT molecular complexity index is 3000. The second kappa shape index (κ2) is 45.0. The van der Waals surface area contributed by atoms with Gasteiger partial charge in [-0.05, 0) is 156 Å². The maximum absolute atomic E-state index is 12.2. The van der Waals surface area contributed by atoms with Crippen LogP contribution in [-0.2, 0) is 75.1 Å². The van der Waals surface area contributed by atoms with E-state index in [2.05, 4.69) is 135 Å². The van der Waals surface area contributed by atoms with Crippen molar-refractivity contribution in [3.8, 4) is 0 Å². The van der Waals surface area contributed by atoms with E-state index in [1.807, 2.05) is 143 Å². The van der Waals surface area contributed by atoms with Crippen molar-refractivity contribution in [1.29, 1.82) is 0 Å². The Morgan fingerprint density at radius 3 is 0.951 bits per heavy atom. The Labute approximate surface area is 635 Å². The summed E-state index contributed by atoms with van der Waals surface area (Å²) >= 11 is 0. The predicted molar refractivity (Wildman–Crippen MR) is 444 cm³/mol. The van der Waals surface area contributed by atoms with Gasteiger partial charge in [0.25, 0.3) is 0 Å². The molecule has 0 saturated carbocycles. The highest BCUT2D eigenvalue weighted by Gasteiger charge is 2.27. The Kier molecular flexibility index (Phi) is 48.2. The van der Waals surface area contributed by atoms with Crippen molar-refractivity contribution in [1.82, 2.24) is 4.72 Å². The lowest BCUT2D eigenvalue weighted by atomic mass is 9.88. The number of hydrogen-bond donors (Lipinski definition) is 1. The van der Waals surface area contributed by atoms with Gasteiger partial charge < -0.3 is 9.47 Å². The second-order valence-electron chi connectivity index (χ2n) is 43.0. The van der Waals surface area contributed by atoms with Gasteiger partial charge in [-0.2, -0.15) is 0 Å². The third-order valence-electron chi connectivity index (χ3n) is 13.0. The molecule has 1 rings (SSSR count). The molecule has 0 aliphatic rings. The fourth-order valence-electron chi connectivity index (χ4n) is 9.79. The lowest BCUT2D eigenvalue weighted by molar-refractivity contribution is 0.0720. The summed E-state index contributed by atoms with van der Waals surface area (Å²) < 4.78 is 155. The van der Waals surface area contributed by atoms with Crippen LogP contribution in [0, 0.1) is 59.6 Å². The van der Waals surface area contributed by atoms with E-state index < -0.39 is 64.7 Å². The van der Waals surface area contributed by atoms with Crippen molar-refractivity contribution >= 4 is 59.2 Å². The highest BCUT2D eigenvalue weighted by molar-refractivity contribution is 7.92. The number of ether oxygens (including phenoxy) is 2. The fourth-order valence-corrected chi connectivity index (χ4v) is 21.3. The van der Waals surface area contributed by atoms with Crippen LogP contribution in [0.15, 0.2) is 41.3 Å². The number of benzene rings is 1. The van der Waals surface area contributed by atoms with Crippen LogP contribution in [0.25, 0.3) is 0 Å². The largest absolute Gasteiger partial charge is 0.381 e. The minimum absolute atomic E-state index is 0.119. The first-order valence-corrected chi connectivity index (χ1v) is 48.0. The Balaban J connectivity index is -0.000000369. The molecule has 0 atom stereocenters. The van der Waals surface area contributed by atoms with Gasteiger partial charge in [-0.1, -0.05) is 266 Å². The van der Waals surface area contributed by atoms with Gasteiger partial charge in [0.05, 0.1) is 75.6 Å². The molecule has 0 heterocycles. The van der Waals surface area contributed by atoms with Gasteiger partial charge in [0.2, 0.25) is 10.0 Å². The molecular formula is C81H165NO14S6. The first kappa shape index (κ1) is 109. The molecule has 0 bridgehead atoms. The van der Waals surface area contributed by atoms with Crippen LogP contribution in [0.4, 0.5) is 0 Å². The molecule has 15 nitrogen and oxygen atoms in total. The molecular weight excluding hydrogens is 1400 g/mol. The van der Waals surface area contributed by atoms with Crippen LogP contribution in [0.3, 0.4) is 0 Å². The lowest BCUT2D eigenvalue weighted by Crippen LogP contribution is -2.41. The van der Waals surface area contributed by atoms with Gasteiger partial charge in [0.15, 0.2) is 49.2 Å². The van der Waals surface area contributed by atoms with Crippen LogP contribution >= 0.6 is 0 Å². The lowest BCUT2D eigenvalue weighted by Gasteiger charge is -2.21. The molecule has 21 heteroatoms. The molecule has 102 heavy (non-hydrogen) atoms. The van der Waals surface area contributed by atoms with E-state index in [0.717, 1.165) is 44.9 Å². The molecule has 0 spiro atoms. The van der Waals surface area contributed by atoms with Gasteiger partial charge in [-0.15, -0.1) is 0 Å². The standard InChI is InChI=1S/C16H26O2S.C14H30O2S.C14H28O2S.C13H28O3S.C12H27NO3S.C12H26O2S/c1-15(2,3)11-13-7-9-14(10-8-13)19(17,18)12-16(4,5)6;2*1-13(2,3)10-8-7-9-11-17(15,16)12-14(4,5)6;1-12(2,3)10-16-8-7-9-17(14,15)11-13(4,5)6;1-11(2,3)10-16-8-7-9-17(14,15)13-12(4,5)6;1-11(2,3)8-7-9-15(13,14)10-12(4,5)6/h7-10H,11-12H2,1-6H3;7-12H2,1-6H3;7-8H,9-12H2,1-6H3;7-11H2,1-6H3;13H,7-10H2,1-6H3;7-10H2,1-6H3/b;;8-7+;;;. The maximum atomic E-state index is 12.2. The maximum Gasteiger partial charge on any atom is 0.212 e. The van der Waals surface area contributed by atoms with Crippen molar-refractivity contribution in [2.45, 2.75) is 330 Å². The predicted octanol–water partition coefficient (Wildman–Crippen LogP) is 20.3. The number of unbranched alkanes of at least 4 members (excludes halogenated alkanes) is 2. The topological polar surface area (TPSA) is 235 Å². The molecule has 0 radical (unpaired) electrons. The van der Waals surface area contributed by atoms with E-state index in [0.29, 0.717) is 79.0 Å². The third kappa shape index (κ3) is 87.5. The van der Waals surface area contributed by atoms with E-state index in [-0.39, 0.29) is 88.7 Å². The second-order valence-corrected chi connectivity index (χ2v) is 55.5. The number of allylic oxidation sites excluding steroid dienone is 2. The summed E-state index contributed by atoms with van der Waals surface area (Å²) in [4.78, 5) is 0.431. The van der Waals surface area contributed by atoms with Gasteiger partial charge in [0.1, 0.15) is 0 Å². The summed E-state index contributed by atoms with van der Waals surface area (Å²) in [7, 11) is -17.9. The molecule has 614 valence electrons. The fraction of sp³-hybridized carbons (Fsp3) is 0.901. The molecule has 1 aromatic carbocycles. The quantitative estimate of drug-likeness (QED) is 0.0557. The molecule has 0 aliphatic carbocycles. The molecule has 0 aliphatic heterocycles. The zero-order valence-corrected chi connectivity index (χ0v) is 77.7. The van der Waals surface area contributed by atoms with Gasteiger partial charge in [0, 0.05) is 18.8 Å². The van der Waals surface area contributed by atoms with Crippen molar-refractivity contribution in [2.24, 2.45) is 59.6 Å². The van der Waals surface area contributed by atoms with Gasteiger partial charge in [-0.3, -0.25) is 0 Å². The Morgan fingerprint density at radius 2 is 0.637 bits per heavy atom. The minimum Gasteiger partial charge on any atom is -0.381 e. The highest BCUT2D eigenvalue weighted by Crippen LogP contribution is 2.28. The monoisotopic (exact) mass is 1570 g/mol. The van der Waals surface area contributed by atoms with E-state index >= 15 is 0 Å². The van der Waals surface area contributed by atoms with Crippen molar-refractivity contribution < 1.29 is 60.0 Å². The van der Waals surface area contributed by atoms with Gasteiger partial charge in [-0.25, -0.2) is 55.2 Å². The van der Waals surface area contributed by atoms with Crippen molar-refractivity contribution in [3.05, 3.63) is 42.0 Å². The number of hydrogen-bond acceptors (Lipinski definition) is 14. The summed E-state index contributed by atoms with van der Waals surface area (Å²) in [6, 6.07) is 7.34. The first-order valence-electron chi connectivity index (χ1n) is 37.4. The molecule has 0 saturated heterocycles. The van der Waals surface area contributed by atoms with Crippen LogP contribution < -0.4 is 4.72 Å². The molecule has 0 amide bonds. The van der Waals surface area contributed by atoms with E-state index in [9.17, 15) is 50.5 Å². The third-order valence-corrected chi connectivity index (χ3v) is 25.8. The van der Waals surface area contributed by atoms with E-state index in [1.165, 1.54) is 12.0 Å². The molecule has 1 aromatic rings. The SMILES string of the molecule is CC(C)(C)C/C=C/CCS(=O)(=O)CC(C)(C)C.CC(C)(C)CCCCCS(=O)(=O)CC(C)(C)C.CC(C)(C)CCCS(=O)(=O)CC(C)(C)C.CC(C)(C)COCCCS(=O)(=O)CC(C)(C)C.CC(C)(C)COCCCS(=O)(=O)NC(C)(C)C.CC(C)(C)Cc1ccc(S(=O)(=O)CC(C)(C)C)cc1. The highest BCUT2D eigenvalue weighted by atomic mass is 32.2. The normalized spacial score (nSPS) is 14.0. The summed E-state index contributed by atoms with van der Waals surface area (Å²) in [5, 5.41) is 0. The molecule has 0 aromatic heterocycles. The van der Waals surface area contributed by atoms with Crippen LogP contribution in [0.5, 0.6) is 0 Å². The number of sulfonamides is 1. The number of nitrogens with one attached hydrogen (secondary N) is 1. The Hall–Kier alpha value is -1.46. The summed E-state index contributed by atoms with van der Waals surface area (Å²) in [5.41, 5.74) is 1.36. The van der Waals surface area contributed by atoms with Gasteiger partial charge >= 0.3 is 0 Å². The van der Waals surface area contributed by atoms with E-state index in [4.69, 9.17) is 9.47 Å². The average molecular weight is 1570 g/mol. The molecule has 1 N–H and O–H groups in total. The van der Waals surface area contributed by atoms with E-state index in [1.54, 1.807) is 12.1 Å². The zero-order valence-electron chi connectivity index (χ0n) is 72.8. The van der Waals surface area contributed by atoms with Crippen LogP contribution in [0.1, 0.15) is 319 Å². The smallest absolute Gasteiger partial charge is 0.212 e. The van der Waals surface area contributed by atoms with Crippen molar-refractivity contribution in [2.75, 3.05) is 84.0 Å². The first-order chi connectivity index (χ1) is 44.5. The molecule has 0 unspecified atom stereocenters. The minimum atomic E-state index is -3.19. The summed E-state index contributed by atoms with van der Waals surface area (Å²) in [5.74, 6) is 2.61. The number of sulfone groups is 5. The number of rotatable bonds is 30. The van der Waals surface area contributed by atoms with Crippen LogP contribution in [0.2, 0.25) is 0 Å². The summed E-state index contributed by atoms with van der Waals surface area (Å²) in [6.07, 6.45) is 13.7.